The lowest BCUT2D eigenvalue weighted by atomic mass is 10.0. The molecule has 0 aliphatic carbocycles. The van der Waals surface area contributed by atoms with E-state index in [0.717, 1.165) is 18.5 Å². The number of para-hydroxylation sites is 1. The topological polar surface area (TPSA) is 4.93 Å². The minimum absolute atomic E-state index is 1.02. The molecule has 0 N–H and O–H groups in total. The number of aryl methyl sites for hydroxylation is 4. The second kappa shape index (κ2) is 6.70. The zero-order valence-electron chi connectivity index (χ0n) is 13.9. The van der Waals surface area contributed by atoms with Crippen molar-refractivity contribution in [2.45, 2.75) is 26.7 Å². The van der Waals surface area contributed by atoms with E-state index in [1.54, 1.807) is 0 Å². The van der Waals surface area contributed by atoms with Gasteiger partial charge in [-0.2, -0.15) is 0 Å². The van der Waals surface area contributed by atoms with E-state index in [4.69, 9.17) is 0 Å². The third kappa shape index (κ3) is 3.29. The fourth-order valence-electron chi connectivity index (χ4n) is 3.08. The quantitative estimate of drug-likeness (QED) is 0.584. The van der Waals surface area contributed by atoms with Gasteiger partial charge in [0.05, 0.1) is 0 Å². The van der Waals surface area contributed by atoms with Crippen LogP contribution in [0, 0.1) is 13.8 Å². The van der Waals surface area contributed by atoms with Crippen molar-refractivity contribution in [1.82, 2.24) is 4.57 Å². The molecule has 3 rings (SSSR count). The van der Waals surface area contributed by atoms with Crippen LogP contribution < -0.4 is 0 Å². The molecule has 0 aliphatic rings. The van der Waals surface area contributed by atoms with Gasteiger partial charge in [-0.05, 0) is 68.2 Å². The monoisotopic (exact) mass is 301 g/mol. The van der Waals surface area contributed by atoms with Crippen molar-refractivity contribution in [2.24, 2.45) is 0 Å². The van der Waals surface area contributed by atoms with Gasteiger partial charge >= 0.3 is 0 Å². The van der Waals surface area contributed by atoms with Crippen molar-refractivity contribution in [2.75, 3.05) is 0 Å². The summed E-state index contributed by atoms with van der Waals surface area (Å²) in [6.07, 6.45) is 4.00. The molecule has 0 saturated heterocycles. The van der Waals surface area contributed by atoms with Crippen molar-refractivity contribution >= 4 is 6.08 Å². The van der Waals surface area contributed by atoms with Crippen molar-refractivity contribution in [3.8, 4) is 5.69 Å². The Morgan fingerprint density at radius 2 is 1.70 bits per heavy atom. The van der Waals surface area contributed by atoms with Gasteiger partial charge in [-0.25, -0.2) is 0 Å². The molecule has 116 valence electrons. The fraction of sp³-hybridized carbons (Fsp3) is 0.182. The Morgan fingerprint density at radius 3 is 2.43 bits per heavy atom. The maximum Gasteiger partial charge on any atom is 0.0458 e. The summed E-state index contributed by atoms with van der Waals surface area (Å²) >= 11 is 0. The first-order valence-corrected chi connectivity index (χ1v) is 8.13. The van der Waals surface area contributed by atoms with E-state index >= 15 is 0 Å². The highest BCUT2D eigenvalue weighted by molar-refractivity contribution is 5.51. The predicted molar refractivity (Wildman–Crippen MR) is 99.2 cm³/mol. The number of benzene rings is 2. The molecule has 3 aromatic rings. The molecule has 0 saturated carbocycles. The van der Waals surface area contributed by atoms with Gasteiger partial charge in [0.25, 0.3) is 0 Å². The van der Waals surface area contributed by atoms with E-state index in [1.165, 1.54) is 28.1 Å². The second-order valence-corrected chi connectivity index (χ2v) is 6.05. The molecule has 1 aromatic heterocycles. The summed E-state index contributed by atoms with van der Waals surface area (Å²) in [5.41, 5.74) is 7.81. The number of hydrogen-bond acceptors (Lipinski definition) is 0. The number of nitrogens with zero attached hydrogens (tertiary/aromatic N) is 1. The molecule has 0 aliphatic heterocycles. The Hall–Kier alpha value is -2.54. The SMILES string of the molecule is C=Cc1ccc(CCc2cc(C)ccc2C)n1-c1ccccc1. The molecule has 0 amide bonds. The van der Waals surface area contributed by atoms with Crippen LogP contribution in [0.5, 0.6) is 0 Å². The van der Waals surface area contributed by atoms with E-state index in [2.05, 4.69) is 85.7 Å². The summed E-state index contributed by atoms with van der Waals surface area (Å²) in [7, 11) is 0. The highest BCUT2D eigenvalue weighted by Gasteiger charge is 2.09. The minimum Gasteiger partial charge on any atom is -0.314 e. The Morgan fingerprint density at radius 1 is 0.913 bits per heavy atom. The molecule has 0 radical (unpaired) electrons. The van der Waals surface area contributed by atoms with Crippen molar-refractivity contribution in [3.05, 3.63) is 95.3 Å². The van der Waals surface area contributed by atoms with Crippen LogP contribution in [-0.4, -0.2) is 4.57 Å². The average Bonchev–Trinajstić information content (AvgIpc) is 2.99. The van der Waals surface area contributed by atoms with E-state index in [1.807, 2.05) is 6.08 Å². The molecule has 1 heterocycles. The van der Waals surface area contributed by atoms with Crippen LogP contribution in [0.25, 0.3) is 11.8 Å². The molecule has 0 bridgehead atoms. The predicted octanol–water partition coefficient (Wildman–Crippen LogP) is 5.52. The van der Waals surface area contributed by atoms with Crippen LogP contribution in [-0.2, 0) is 12.8 Å². The summed E-state index contributed by atoms with van der Waals surface area (Å²) in [6, 6.07) is 21.6. The molecule has 2 aromatic carbocycles. The van der Waals surface area contributed by atoms with E-state index < -0.39 is 0 Å². The van der Waals surface area contributed by atoms with Crippen molar-refractivity contribution in [3.63, 3.8) is 0 Å². The lowest BCUT2D eigenvalue weighted by Gasteiger charge is -2.13. The highest BCUT2D eigenvalue weighted by atomic mass is 15.0. The van der Waals surface area contributed by atoms with Gasteiger partial charge in [0.2, 0.25) is 0 Å². The summed E-state index contributed by atoms with van der Waals surface area (Å²) in [4.78, 5) is 0. The number of aromatic nitrogens is 1. The fourth-order valence-corrected chi connectivity index (χ4v) is 3.08. The van der Waals surface area contributed by atoms with Gasteiger partial charge in [-0.1, -0.05) is 48.5 Å². The van der Waals surface area contributed by atoms with Crippen molar-refractivity contribution in [1.29, 1.82) is 0 Å². The van der Waals surface area contributed by atoms with E-state index in [9.17, 15) is 0 Å². The largest absolute Gasteiger partial charge is 0.314 e. The Bertz CT molecular complexity index is 809. The Kier molecular flexibility index (Phi) is 4.47. The first kappa shape index (κ1) is 15.4. The minimum atomic E-state index is 1.02. The second-order valence-electron chi connectivity index (χ2n) is 6.05. The highest BCUT2D eigenvalue weighted by Crippen LogP contribution is 2.21. The van der Waals surface area contributed by atoms with Gasteiger partial charge in [-0.3, -0.25) is 0 Å². The maximum atomic E-state index is 3.95. The van der Waals surface area contributed by atoms with Gasteiger partial charge in [0.15, 0.2) is 0 Å². The third-order valence-electron chi connectivity index (χ3n) is 4.37. The van der Waals surface area contributed by atoms with Crippen LogP contribution in [0.1, 0.15) is 28.1 Å². The van der Waals surface area contributed by atoms with Crippen LogP contribution in [0.2, 0.25) is 0 Å². The number of hydrogen-bond donors (Lipinski definition) is 0. The standard InChI is InChI=1S/C22H23N/c1-4-20-14-15-22(23(20)21-8-6-5-7-9-21)13-12-19-16-17(2)10-11-18(19)3/h4-11,14-16H,1,12-13H2,2-3H3. The molecule has 0 unspecified atom stereocenters. The van der Waals surface area contributed by atoms with Gasteiger partial charge in [0, 0.05) is 17.1 Å². The van der Waals surface area contributed by atoms with E-state index in [-0.39, 0.29) is 0 Å². The Labute approximate surface area is 138 Å². The zero-order chi connectivity index (χ0) is 16.2. The number of rotatable bonds is 5. The van der Waals surface area contributed by atoms with Crippen LogP contribution in [0.3, 0.4) is 0 Å². The molecule has 1 heteroatoms. The molecule has 1 nitrogen and oxygen atoms in total. The first-order chi connectivity index (χ1) is 11.2. The van der Waals surface area contributed by atoms with Crippen LogP contribution in [0.4, 0.5) is 0 Å². The smallest absolute Gasteiger partial charge is 0.0458 e. The summed E-state index contributed by atoms with van der Waals surface area (Å²) in [5, 5.41) is 0. The normalized spacial score (nSPS) is 10.7. The lowest BCUT2D eigenvalue weighted by Crippen LogP contribution is -2.04. The van der Waals surface area contributed by atoms with Crippen LogP contribution in [0.15, 0.2) is 67.2 Å². The maximum absolute atomic E-state index is 3.95. The van der Waals surface area contributed by atoms with Crippen LogP contribution >= 0.6 is 0 Å². The molecular formula is C22H23N. The summed E-state index contributed by atoms with van der Waals surface area (Å²) in [5.74, 6) is 0. The van der Waals surface area contributed by atoms with Gasteiger partial charge in [0.1, 0.15) is 0 Å². The molecule has 23 heavy (non-hydrogen) atoms. The zero-order valence-corrected chi connectivity index (χ0v) is 13.9. The molecule has 0 spiro atoms. The molecule has 0 atom stereocenters. The van der Waals surface area contributed by atoms with Gasteiger partial charge in [-0.15, -0.1) is 0 Å². The average molecular weight is 301 g/mol. The Balaban J connectivity index is 1.91. The molecular weight excluding hydrogens is 278 g/mol. The third-order valence-corrected chi connectivity index (χ3v) is 4.37. The lowest BCUT2D eigenvalue weighted by molar-refractivity contribution is 0.856. The van der Waals surface area contributed by atoms with Crippen molar-refractivity contribution < 1.29 is 0 Å². The first-order valence-electron chi connectivity index (χ1n) is 8.13. The van der Waals surface area contributed by atoms with E-state index in [0.29, 0.717) is 0 Å². The molecule has 0 fully saturated rings. The summed E-state index contributed by atoms with van der Waals surface area (Å²) < 4.78 is 2.30. The summed E-state index contributed by atoms with van der Waals surface area (Å²) in [6.45, 7) is 8.31. The van der Waals surface area contributed by atoms with Gasteiger partial charge < -0.3 is 4.57 Å².